The van der Waals surface area contributed by atoms with Crippen molar-refractivity contribution in [3.05, 3.63) is 63.0 Å². The van der Waals surface area contributed by atoms with Crippen LogP contribution in [0.15, 0.2) is 51.2 Å². The largest absolute Gasteiger partial charge is 0.343 e. The SMILES string of the molecule is O=C(C=Cc1cccs1)NCc1nc(-c2cc[nH]c(=O)c2)no1. The Hall–Kier alpha value is -3.00. The molecule has 0 saturated heterocycles. The molecule has 0 spiro atoms. The summed E-state index contributed by atoms with van der Waals surface area (Å²) in [6.45, 7) is 0.115. The Bertz CT molecular complexity index is 880. The van der Waals surface area contributed by atoms with Gasteiger partial charge < -0.3 is 14.8 Å². The van der Waals surface area contributed by atoms with Crippen LogP contribution < -0.4 is 10.9 Å². The topological polar surface area (TPSA) is 101 Å². The van der Waals surface area contributed by atoms with Crippen LogP contribution in [0.4, 0.5) is 0 Å². The van der Waals surface area contributed by atoms with Gasteiger partial charge in [0.05, 0.1) is 6.54 Å². The molecular formula is C15H12N4O3S. The normalized spacial score (nSPS) is 11.0. The second-order valence-corrected chi connectivity index (χ2v) is 5.50. The maximum absolute atomic E-state index is 11.7. The van der Waals surface area contributed by atoms with Crippen molar-refractivity contribution in [1.29, 1.82) is 0 Å². The van der Waals surface area contributed by atoms with Gasteiger partial charge in [0.1, 0.15) is 0 Å². The van der Waals surface area contributed by atoms with E-state index in [-0.39, 0.29) is 23.9 Å². The molecule has 0 unspecified atom stereocenters. The smallest absolute Gasteiger partial charge is 0.248 e. The summed E-state index contributed by atoms with van der Waals surface area (Å²) in [7, 11) is 0. The number of nitrogens with one attached hydrogen (secondary N) is 2. The van der Waals surface area contributed by atoms with E-state index in [9.17, 15) is 9.59 Å². The molecule has 0 bridgehead atoms. The zero-order chi connectivity index (χ0) is 16.1. The van der Waals surface area contributed by atoms with Crippen LogP contribution in [0, 0.1) is 0 Å². The van der Waals surface area contributed by atoms with Crippen molar-refractivity contribution in [3.8, 4) is 11.4 Å². The fraction of sp³-hybridized carbons (Fsp3) is 0.0667. The highest BCUT2D eigenvalue weighted by Gasteiger charge is 2.09. The standard InChI is InChI=1S/C15H12N4O3S/c20-12(4-3-11-2-1-7-23-11)17-9-14-18-15(19-22-14)10-5-6-16-13(21)8-10/h1-8H,9H2,(H,16,21)(H,17,20). The fourth-order valence-corrected chi connectivity index (χ4v) is 2.41. The summed E-state index contributed by atoms with van der Waals surface area (Å²) in [5, 5.41) is 8.37. The molecule has 3 aromatic rings. The lowest BCUT2D eigenvalue weighted by molar-refractivity contribution is -0.116. The maximum Gasteiger partial charge on any atom is 0.248 e. The summed E-state index contributed by atoms with van der Waals surface area (Å²) >= 11 is 1.55. The van der Waals surface area contributed by atoms with Crippen molar-refractivity contribution in [2.24, 2.45) is 0 Å². The van der Waals surface area contributed by atoms with Crippen LogP contribution in [-0.4, -0.2) is 21.0 Å². The summed E-state index contributed by atoms with van der Waals surface area (Å²) < 4.78 is 5.05. The first-order valence-corrected chi connectivity index (χ1v) is 7.60. The Kier molecular flexibility index (Phi) is 4.44. The molecule has 0 saturated carbocycles. The van der Waals surface area contributed by atoms with Gasteiger partial charge in [-0.2, -0.15) is 4.98 Å². The molecule has 23 heavy (non-hydrogen) atoms. The zero-order valence-electron chi connectivity index (χ0n) is 11.9. The van der Waals surface area contributed by atoms with E-state index in [4.69, 9.17) is 4.52 Å². The first-order valence-electron chi connectivity index (χ1n) is 6.72. The second kappa shape index (κ2) is 6.84. The molecule has 0 atom stereocenters. The van der Waals surface area contributed by atoms with E-state index in [0.717, 1.165) is 4.88 Å². The quantitative estimate of drug-likeness (QED) is 0.696. The Labute approximate surface area is 134 Å². The molecule has 7 nitrogen and oxygen atoms in total. The second-order valence-electron chi connectivity index (χ2n) is 4.52. The van der Waals surface area contributed by atoms with Gasteiger partial charge in [-0.25, -0.2) is 0 Å². The molecule has 2 N–H and O–H groups in total. The lowest BCUT2D eigenvalue weighted by Gasteiger charge is -1.96. The molecule has 0 fully saturated rings. The van der Waals surface area contributed by atoms with Gasteiger partial charge in [-0.1, -0.05) is 11.2 Å². The predicted molar refractivity (Wildman–Crippen MR) is 85.6 cm³/mol. The van der Waals surface area contributed by atoms with Gasteiger partial charge in [0, 0.05) is 28.8 Å². The number of aromatic nitrogens is 3. The maximum atomic E-state index is 11.7. The van der Waals surface area contributed by atoms with Crippen LogP contribution in [0.5, 0.6) is 0 Å². The van der Waals surface area contributed by atoms with Crippen LogP contribution in [0.1, 0.15) is 10.8 Å². The summed E-state index contributed by atoms with van der Waals surface area (Å²) in [5.74, 6) is 0.307. The van der Waals surface area contributed by atoms with E-state index in [1.54, 1.807) is 23.5 Å². The van der Waals surface area contributed by atoms with Gasteiger partial charge in [0.15, 0.2) is 0 Å². The van der Waals surface area contributed by atoms with Crippen LogP contribution in [0.25, 0.3) is 17.5 Å². The molecule has 0 aliphatic carbocycles. The highest BCUT2D eigenvalue weighted by molar-refractivity contribution is 7.10. The Morgan fingerprint density at radius 2 is 2.35 bits per heavy atom. The highest BCUT2D eigenvalue weighted by atomic mass is 32.1. The molecule has 3 heterocycles. The minimum atomic E-state index is -0.255. The minimum Gasteiger partial charge on any atom is -0.343 e. The van der Waals surface area contributed by atoms with E-state index in [0.29, 0.717) is 11.4 Å². The van der Waals surface area contributed by atoms with Gasteiger partial charge in [0.25, 0.3) is 0 Å². The van der Waals surface area contributed by atoms with Crippen LogP contribution in [0.3, 0.4) is 0 Å². The van der Waals surface area contributed by atoms with E-state index in [1.807, 2.05) is 17.5 Å². The number of carbonyl (C=O) groups excluding carboxylic acids is 1. The van der Waals surface area contributed by atoms with Gasteiger partial charge in [0.2, 0.25) is 23.2 Å². The summed E-state index contributed by atoms with van der Waals surface area (Å²) in [6.07, 6.45) is 4.68. The number of aromatic amines is 1. The number of H-pyrrole nitrogens is 1. The molecule has 0 aromatic carbocycles. The summed E-state index contributed by atoms with van der Waals surface area (Å²) in [5.41, 5.74) is 0.300. The van der Waals surface area contributed by atoms with Crippen molar-refractivity contribution >= 4 is 23.3 Å². The molecular weight excluding hydrogens is 316 g/mol. The third-order valence-corrected chi connectivity index (χ3v) is 3.69. The average Bonchev–Trinajstić information content (AvgIpc) is 3.22. The molecule has 8 heteroatoms. The van der Waals surface area contributed by atoms with E-state index in [2.05, 4.69) is 20.4 Å². The summed E-state index contributed by atoms with van der Waals surface area (Å²) in [4.78, 5) is 30.6. The van der Waals surface area contributed by atoms with Crippen LogP contribution in [0.2, 0.25) is 0 Å². The predicted octanol–water partition coefficient (Wildman–Crippen LogP) is 1.82. The number of hydrogen-bond acceptors (Lipinski definition) is 6. The molecule has 3 rings (SSSR count). The van der Waals surface area contributed by atoms with Crippen molar-refractivity contribution < 1.29 is 9.32 Å². The van der Waals surface area contributed by atoms with Crippen molar-refractivity contribution in [3.63, 3.8) is 0 Å². The van der Waals surface area contributed by atoms with Crippen LogP contribution in [-0.2, 0) is 11.3 Å². The fourth-order valence-electron chi connectivity index (χ4n) is 1.79. The van der Waals surface area contributed by atoms with Crippen LogP contribution >= 0.6 is 11.3 Å². The number of hydrogen-bond donors (Lipinski definition) is 2. The minimum absolute atomic E-state index is 0.115. The van der Waals surface area contributed by atoms with Gasteiger partial charge in [-0.05, 0) is 23.6 Å². The number of pyridine rings is 1. The van der Waals surface area contributed by atoms with Crippen molar-refractivity contribution in [1.82, 2.24) is 20.4 Å². The first-order chi connectivity index (χ1) is 11.2. The molecule has 0 aliphatic rings. The zero-order valence-corrected chi connectivity index (χ0v) is 12.7. The number of rotatable bonds is 5. The van der Waals surface area contributed by atoms with Crippen molar-refractivity contribution in [2.45, 2.75) is 6.54 Å². The molecule has 1 amide bonds. The van der Waals surface area contributed by atoms with Gasteiger partial charge in [-0.3, -0.25) is 9.59 Å². The molecule has 0 radical (unpaired) electrons. The lowest BCUT2D eigenvalue weighted by Crippen LogP contribution is -2.20. The van der Waals surface area contributed by atoms with E-state index in [1.165, 1.54) is 18.3 Å². The monoisotopic (exact) mass is 328 g/mol. The van der Waals surface area contributed by atoms with E-state index >= 15 is 0 Å². The summed E-state index contributed by atoms with van der Waals surface area (Å²) in [6, 6.07) is 6.87. The third kappa shape index (κ3) is 4.01. The number of nitrogens with zero attached hydrogens (tertiary/aromatic N) is 2. The molecule has 0 aliphatic heterocycles. The number of carbonyl (C=O) groups is 1. The Balaban J connectivity index is 1.59. The van der Waals surface area contributed by atoms with E-state index < -0.39 is 0 Å². The molecule has 116 valence electrons. The highest BCUT2D eigenvalue weighted by Crippen LogP contribution is 2.12. The number of thiophene rings is 1. The van der Waals surface area contributed by atoms with Crippen molar-refractivity contribution in [2.75, 3.05) is 0 Å². The molecule has 3 aromatic heterocycles. The average molecular weight is 328 g/mol. The Morgan fingerprint density at radius 3 is 3.13 bits per heavy atom. The Morgan fingerprint density at radius 1 is 1.43 bits per heavy atom. The van der Waals surface area contributed by atoms with Gasteiger partial charge in [-0.15, -0.1) is 11.3 Å². The first kappa shape index (κ1) is 14.9. The van der Waals surface area contributed by atoms with Gasteiger partial charge >= 0.3 is 0 Å². The third-order valence-electron chi connectivity index (χ3n) is 2.86. The number of amides is 1. The lowest BCUT2D eigenvalue weighted by atomic mass is 10.2.